The van der Waals surface area contributed by atoms with Crippen molar-refractivity contribution in [1.29, 1.82) is 0 Å². The molecule has 2 amide bonds. The van der Waals surface area contributed by atoms with Gasteiger partial charge in [-0.05, 0) is 30.9 Å². The molecule has 1 aromatic heterocycles. The van der Waals surface area contributed by atoms with Crippen molar-refractivity contribution in [1.82, 2.24) is 15.6 Å². The first-order valence-corrected chi connectivity index (χ1v) is 8.68. The van der Waals surface area contributed by atoms with Crippen LogP contribution in [-0.2, 0) is 14.3 Å². The molecule has 0 aromatic carbocycles. The molecule has 0 spiro atoms. The van der Waals surface area contributed by atoms with Crippen LogP contribution in [0.4, 0.5) is 0 Å². The molecule has 136 valence electrons. The van der Waals surface area contributed by atoms with Crippen LogP contribution in [0.5, 0.6) is 0 Å². The fraction of sp³-hybridized carbons (Fsp3) is 0.529. The fourth-order valence-electron chi connectivity index (χ4n) is 2.75. The van der Waals surface area contributed by atoms with Crippen molar-refractivity contribution in [3.8, 4) is 0 Å². The number of carbonyl (C=O) groups is 3. The van der Waals surface area contributed by atoms with Gasteiger partial charge >= 0.3 is 5.97 Å². The van der Waals surface area contributed by atoms with E-state index >= 15 is 0 Å². The highest BCUT2D eigenvalue weighted by Crippen LogP contribution is 2.23. The molecular formula is C17H22ClN3O4. The van der Waals surface area contributed by atoms with Crippen LogP contribution in [0.3, 0.4) is 0 Å². The molecule has 0 bridgehead atoms. The smallest absolute Gasteiger partial charge is 0.325 e. The SMILES string of the molecule is C[C@@H]1CCCC[C@H]1NC(=O)COC(=O)CNC(=O)c1cc(Cl)ccn1. The second-order valence-corrected chi connectivity index (χ2v) is 6.57. The van der Waals surface area contributed by atoms with Crippen LogP contribution in [0.25, 0.3) is 0 Å². The maximum Gasteiger partial charge on any atom is 0.325 e. The van der Waals surface area contributed by atoms with E-state index in [9.17, 15) is 14.4 Å². The predicted molar refractivity (Wildman–Crippen MR) is 92.1 cm³/mol. The van der Waals surface area contributed by atoms with Crippen LogP contribution in [0, 0.1) is 5.92 Å². The van der Waals surface area contributed by atoms with Crippen molar-refractivity contribution in [2.75, 3.05) is 13.2 Å². The summed E-state index contributed by atoms with van der Waals surface area (Å²) in [6, 6.07) is 3.06. The Morgan fingerprint density at radius 2 is 2.08 bits per heavy atom. The van der Waals surface area contributed by atoms with Crippen molar-refractivity contribution < 1.29 is 19.1 Å². The summed E-state index contributed by atoms with van der Waals surface area (Å²) >= 11 is 5.77. The van der Waals surface area contributed by atoms with Gasteiger partial charge in [-0.1, -0.05) is 31.4 Å². The van der Waals surface area contributed by atoms with Crippen molar-refractivity contribution >= 4 is 29.4 Å². The van der Waals surface area contributed by atoms with Gasteiger partial charge in [-0.25, -0.2) is 0 Å². The quantitative estimate of drug-likeness (QED) is 0.746. The molecule has 1 saturated carbocycles. The molecule has 1 aliphatic carbocycles. The number of esters is 1. The maximum absolute atomic E-state index is 11.9. The first-order valence-electron chi connectivity index (χ1n) is 8.30. The molecule has 2 N–H and O–H groups in total. The van der Waals surface area contributed by atoms with Crippen LogP contribution in [-0.4, -0.2) is 42.0 Å². The molecule has 1 aromatic rings. The number of aromatic nitrogens is 1. The van der Waals surface area contributed by atoms with Crippen LogP contribution in [0.1, 0.15) is 43.1 Å². The Bertz CT molecular complexity index is 638. The molecular weight excluding hydrogens is 346 g/mol. The van der Waals surface area contributed by atoms with Crippen LogP contribution in [0.2, 0.25) is 5.02 Å². The summed E-state index contributed by atoms with van der Waals surface area (Å²) < 4.78 is 4.88. The van der Waals surface area contributed by atoms with E-state index in [4.69, 9.17) is 16.3 Å². The first kappa shape index (κ1) is 19.2. The summed E-state index contributed by atoms with van der Waals surface area (Å²) in [5, 5.41) is 5.64. The lowest BCUT2D eigenvalue weighted by Crippen LogP contribution is -2.43. The van der Waals surface area contributed by atoms with E-state index in [0.717, 1.165) is 19.3 Å². The van der Waals surface area contributed by atoms with Gasteiger partial charge in [0.2, 0.25) is 0 Å². The fourth-order valence-corrected chi connectivity index (χ4v) is 2.91. The number of carbonyl (C=O) groups excluding carboxylic acids is 3. The van der Waals surface area contributed by atoms with Gasteiger partial charge in [0.15, 0.2) is 6.61 Å². The second-order valence-electron chi connectivity index (χ2n) is 6.14. The monoisotopic (exact) mass is 367 g/mol. The molecule has 0 saturated heterocycles. The average Bonchev–Trinajstić information content (AvgIpc) is 2.60. The lowest BCUT2D eigenvalue weighted by molar-refractivity contribution is -0.147. The first-order chi connectivity index (χ1) is 12.0. The van der Waals surface area contributed by atoms with E-state index in [2.05, 4.69) is 22.5 Å². The molecule has 0 aliphatic heterocycles. The van der Waals surface area contributed by atoms with E-state index in [1.54, 1.807) is 6.07 Å². The van der Waals surface area contributed by atoms with Crippen molar-refractivity contribution in [2.45, 2.75) is 38.6 Å². The van der Waals surface area contributed by atoms with Gasteiger partial charge < -0.3 is 15.4 Å². The van der Waals surface area contributed by atoms with Gasteiger partial charge in [0.1, 0.15) is 12.2 Å². The number of nitrogens with zero attached hydrogens (tertiary/aromatic N) is 1. The molecule has 1 aliphatic rings. The zero-order valence-corrected chi connectivity index (χ0v) is 14.8. The molecule has 0 radical (unpaired) electrons. The highest BCUT2D eigenvalue weighted by molar-refractivity contribution is 6.30. The molecule has 7 nitrogen and oxygen atoms in total. The van der Waals surface area contributed by atoms with Gasteiger partial charge in [0.25, 0.3) is 11.8 Å². The Kier molecular flexibility index (Phi) is 7.18. The number of nitrogens with one attached hydrogen (secondary N) is 2. The van der Waals surface area contributed by atoms with E-state index in [1.807, 2.05) is 0 Å². The largest absolute Gasteiger partial charge is 0.454 e. The van der Waals surface area contributed by atoms with Gasteiger partial charge in [0.05, 0.1) is 0 Å². The number of pyridine rings is 1. The molecule has 2 atom stereocenters. The van der Waals surface area contributed by atoms with Gasteiger partial charge in [-0.3, -0.25) is 19.4 Å². The van der Waals surface area contributed by atoms with Crippen LogP contribution >= 0.6 is 11.6 Å². The highest BCUT2D eigenvalue weighted by Gasteiger charge is 2.23. The lowest BCUT2D eigenvalue weighted by atomic mass is 9.86. The Balaban J connectivity index is 1.68. The van der Waals surface area contributed by atoms with Gasteiger partial charge in [-0.2, -0.15) is 0 Å². The Morgan fingerprint density at radius 3 is 2.80 bits per heavy atom. The molecule has 8 heteroatoms. The third-order valence-corrected chi connectivity index (χ3v) is 4.41. The second kappa shape index (κ2) is 9.36. The summed E-state index contributed by atoms with van der Waals surface area (Å²) in [5.74, 6) is -1.13. The summed E-state index contributed by atoms with van der Waals surface area (Å²) in [5.41, 5.74) is 0.101. The number of amides is 2. The van der Waals surface area contributed by atoms with E-state index in [-0.39, 0.29) is 30.8 Å². The van der Waals surface area contributed by atoms with Crippen LogP contribution in [0.15, 0.2) is 18.3 Å². The summed E-state index contributed by atoms with van der Waals surface area (Å²) in [7, 11) is 0. The molecule has 2 rings (SSSR count). The minimum Gasteiger partial charge on any atom is -0.454 e. The van der Waals surface area contributed by atoms with E-state index in [0.29, 0.717) is 10.9 Å². The average molecular weight is 368 g/mol. The lowest BCUT2D eigenvalue weighted by Gasteiger charge is -2.29. The van der Waals surface area contributed by atoms with Crippen molar-refractivity contribution in [3.63, 3.8) is 0 Å². The number of halogens is 1. The van der Waals surface area contributed by atoms with Gasteiger partial charge in [0, 0.05) is 17.3 Å². The number of hydrogen-bond donors (Lipinski definition) is 2. The van der Waals surface area contributed by atoms with E-state index < -0.39 is 11.9 Å². The van der Waals surface area contributed by atoms with E-state index in [1.165, 1.54) is 18.7 Å². The third kappa shape index (κ3) is 6.34. The molecule has 25 heavy (non-hydrogen) atoms. The van der Waals surface area contributed by atoms with Gasteiger partial charge in [-0.15, -0.1) is 0 Å². The number of ether oxygens (including phenoxy) is 1. The minimum atomic E-state index is -0.692. The van der Waals surface area contributed by atoms with Crippen molar-refractivity contribution in [3.05, 3.63) is 29.0 Å². The zero-order valence-electron chi connectivity index (χ0n) is 14.1. The molecule has 1 heterocycles. The summed E-state index contributed by atoms with van der Waals surface area (Å²) in [6.45, 7) is 1.41. The number of rotatable bonds is 6. The zero-order chi connectivity index (χ0) is 18.2. The predicted octanol–water partition coefficient (Wildman–Crippen LogP) is 1.70. The summed E-state index contributed by atoms with van der Waals surface area (Å²) in [4.78, 5) is 39.2. The minimum absolute atomic E-state index is 0.101. The van der Waals surface area contributed by atoms with Crippen molar-refractivity contribution in [2.24, 2.45) is 5.92 Å². The third-order valence-electron chi connectivity index (χ3n) is 4.17. The van der Waals surface area contributed by atoms with Crippen LogP contribution < -0.4 is 10.6 Å². The normalized spacial score (nSPS) is 19.8. The Labute approximate surface area is 151 Å². The standard InChI is InChI=1S/C17H22ClN3O4/c1-11-4-2-3-5-13(11)21-15(22)10-25-16(23)9-20-17(24)14-8-12(18)6-7-19-14/h6-8,11,13H,2-5,9-10H2,1H3,(H,20,24)(H,21,22)/t11-,13-/m1/s1. The summed E-state index contributed by atoms with van der Waals surface area (Å²) in [6.07, 6.45) is 5.71. The Morgan fingerprint density at radius 1 is 1.32 bits per heavy atom. The maximum atomic E-state index is 11.9. The molecule has 1 fully saturated rings. The molecule has 0 unspecified atom stereocenters. The Hall–Kier alpha value is -2.15. The topological polar surface area (TPSA) is 97.4 Å². The number of hydrogen-bond acceptors (Lipinski definition) is 5. The highest BCUT2D eigenvalue weighted by atomic mass is 35.5.